The summed E-state index contributed by atoms with van der Waals surface area (Å²) in [6.07, 6.45) is 3.97. The molecule has 1 amide bonds. The molecule has 0 unspecified atom stereocenters. The number of hydrogen-bond acceptors (Lipinski definition) is 5. The molecule has 0 radical (unpaired) electrons. The normalized spacial score (nSPS) is 20.3. The van der Waals surface area contributed by atoms with E-state index in [4.69, 9.17) is 14.9 Å². The monoisotopic (exact) mass is 450 g/mol. The van der Waals surface area contributed by atoms with Gasteiger partial charge in [0.25, 0.3) is 0 Å². The van der Waals surface area contributed by atoms with E-state index in [-0.39, 0.29) is 6.09 Å². The Labute approximate surface area is 191 Å². The van der Waals surface area contributed by atoms with Crippen molar-refractivity contribution in [2.75, 3.05) is 26.2 Å². The highest BCUT2D eigenvalue weighted by molar-refractivity contribution is 5.89. The van der Waals surface area contributed by atoms with Crippen LogP contribution >= 0.6 is 0 Å². The Hall–Kier alpha value is -3.65. The van der Waals surface area contributed by atoms with Gasteiger partial charge >= 0.3 is 18.0 Å². The zero-order valence-corrected chi connectivity index (χ0v) is 18.1. The van der Waals surface area contributed by atoms with E-state index in [1.165, 1.54) is 22.3 Å². The summed E-state index contributed by atoms with van der Waals surface area (Å²) in [5.41, 5.74) is 5.15. The largest absolute Gasteiger partial charge is 0.478 e. The van der Waals surface area contributed by atoms with Crippen LogP contribution in [0, 0.1) is 0 Å². The van der Waals surface area contributed by atoms with Crippen LogP contribution in [0.4, 0.5) is 4.79 Å². The summed E-state index contributed by atoms with van der Waals surface area (Å²) >= 11 is 0. The Kier molecular flexibility index (Phi) is 6.74. The summed E-state index contributed by atoms with van der Waals surface area (Å²) in [6, 6.07) is 14.9. The number of carboxylic acids is 2. The molecule has 2 aromatic rings. The topological polar surface area (TPSA) is 107 Å². The van der Waals surface area contributed by atoms with E-state index in [1.807, 2.05) is 17.0 Å². The van der Waals surface area contributed by atoms with Crippen LogP contribution in [-0.2, 0) is 16.0 Å². The summed E-state index contributed by atoms with van der Waals surface area (Å²) in [4.78, 5) is 36.2. The average Bonchev–Trinajstić information content (AvgIpc) is 2.92. The minimum absolute atomic E-state index is 0.191. The molecule has 33 heavy (non-hydrogen) atoms. The van der Waals surface area contributed by atoms with Gasteiger partial charge in [-0.05, 0) is 53.6 Å². The number of carbonyl (C=O) groups excluding carboxylic acids is 1. The second-order valence-electron chi connectivity index (χ2n) is 8.30. The molecule has 8 nitrogen and oxygen atoms in total. The van der Waals surface area contributed by atoms with Gasteiger partial charge in [-0.3, -0.25) is 0 Å². The molecule has 0 aromatic heterocycles. The molecule has 0 atom stereocenters. The summed E-state index contributed by atoms with van der Waals surface area (Å²) in [6.45, 7) is 3.95. The zero-order valence-electron chi connectivity index (χ0n) is 18.1. The first-order valence-corrected chi connectivity index (χ1v) is 11.0. The number of ether oxygens (including phenoxy) is 1. The number of hydrogen-bond donors (Lipinski definition) is 2. The first-order valence-electron chi connectivity index (χ1n) is 11.0. The number of benzene rings is 2. The van der Waals surface area contributed by atoms with Crippen molar-refractivity contribution in [1.82, 2.24) is 9.80 Å². The fourth-order valence-corrected chi connectivity index (χ4v) is 4.61. The van der Waals surface area contributed by atoms with Crippen LogP contribution in [0.5, 0.6) is 5.75 Å². The Bertz CT molecular complexity index is 1070. The highest BCUT2D eigenvalue weighted by Crippen LogP contribution is 2.38. The van der Waals surface area contributed by atoms with Gasteiger partial charge in [0.2, 0.25) is 0 Å². The highest BCUT2D eigenvalue weighted by Gasteiger charge is 2.33. The zero-order chi connectivity index (χ0) is 23.4. The van der Waals surface area contributed by atoms with Gasteiger partial charge < -0.3 is 24.7 Å². The predicted molar refractivity (Wildman–Crippen MR) is 121 cm³/mol. The maximum Gasteiger partial charge on any atom is 0.415 e. The van der Waals surface area contributed by atoms with Crippen LogP contribution in [0.1, 0.15) is 24.0 Å². The molecule has 2 aromatic carbocycles. The van der Waals surface area contributed by atoms with Crippen LogP contribution in [0.2, 0.25) is 0 Å². The highest BCUT2D eigenvalue weighted by atomic mass is 16.6. The van der Waals surface area contributed by atoms with E-state index in [2.05, 4.69) is 35.2 Å². The molecule has 1 aliphatic carbocycles. The van der Waals surface area contributed by atoms with E-state index in [9.17, 15) is 14.4 Å². The van der Waals surface area contributed by atoms with Crippen LogP contribution in [0.3, 0.4) is 0 Å². The van der Waals surface area contributed by atoms with E-state index in [0.717, 1.165) is 45.4 Å². The van der Waals surface area contributed by atoms with Gasteiger partial charge in [-0.1, -0.05) is 30.3 Å². The molecular weight excluding hydrogens is 424 g/mol. The van der Waals surface area contributed by atoms with E-state index < -0.39 is 11.9 Å². The van der Waals surface area contributed by atoms with Crippen LogP contribution in [-0.4, -0.2) is 70.3 Å². The second kappa shape index (κ2) is 9.87. The molecule has 0 saturated carbocycles. The van der Waals surface area contributed by atoms with E-state index in [1.54, 1.807) is 0 Å². The molecule has 3 fully saturated rings. The van der Waals surface area contributed by atoms with Gasteiger partial charge in [0.1, 0.15) is 5.75 Å². The molecule has 172 valence electrons. The van der Waals surface area contributed by atoms with Crippen molar-refractivity contribution < 1.29 is 29.3 Å². The number of piperidine rings is 1. The van der Waals surface area contributed by atoms with Gasteiger partial charge in [-0.15, -0.1) is 0 Å². The number of rotatable bonds is 3. The molecule has 4 aliphatic rings. The lowest BCUT2D eigenvalue weighted by molar-refractivity contribution is -0.134. The van der Waals surface area contributed by atoms with Gasteiger partial charge in [0.05, 0.1) is 0 Å². The average molecular weight is 450 g/mol. The van der Waals surface area contributed by atoms with Crippen LogP contribution in [0.15, 0.2) is 54.6 Å². The number of fused-ring (bicyclic) bond motifs is 7. The molecule has 8 heteroatoms. The van der Waals surface area contributed by atoms with E-state index >= 15 is 0 Å². The molecule has 6 rings (SSSR count). The first kappa shape index (κ1) is 22.5. The minimum Gasteiger partial charge on any atom is -0.478 e. The number of nitrogens with zero attached hydrogens (tertiary/aromatic N) is 2. The van der Waals surface area contributed by atoms with Gasteiger partial charge in [0, 0.05) is 44.4 Å². The standard InChI is InChI=1S/C21H22N2O2.C4H4O4/c24-21(23-12-11-22-9-7-17(23)8-10-22)25-18-5-6-20-16(14-18)13-15-3-1-2-4-19(15)20;5-3(6)1-2-4(7)8/h1-6,14,17H,7-13H2;1-2H,(H,5,6)(H,7,8)/b;2-1+. The van der Waals surface area contributed by atoms with Gasteiger partial charge in [-0.25, -0.2) is 14.4 Å². The third-order valence-corrected chi connectivity index (χ3v) is 6.23. The number of carbonyl (C=O) groups is 3. The first-order chi connectivity index (χ1) is 15.9. The fourth-order valence-electron chi connectivity index (χ4n) is 4.61. The maximum atomic E-state index is 12.7. The summed E-state index contributed by atoms with van der Waals surface area (Å²) in [7, 11) is 0. The molecule has 0 spiro atoms. The number of amides is 1. The fraction of sp³-hybridized carbons (Fsp3) is 0.320. The minimum atomic E-state index is -1.26. The summed E-state index contributed by atoms with van der Waals surface area (Å²) in [5, 5.41) is 15.6. The lowest BCUT2D eigenvalue weighted by Gasteiger charge is -2.30. The SMILES string of the molecule is O=C(O)/C=C/C(=O)O.O=C(Oc1ccc2c(c1)Cc1ccccc1-2)N1CCN2CCC1CC2. The quantitative estimate of drug-likeness (QED) is 0.590. The van der Waals surface area contributed by atoms with Crippen molar-refractivity contribution in [3.63, 3.8) is 0 Å². The summed E-state index contributed by atoms with van der Waals surface area (Å²) < 4.78 is 5.75. The third kappa shape index (κ3) is 5.40. The van der Waals surface area contributed by atoms with Crippen LogP contribution < -0.4 is 4.74 Å². The lowest BCUT2D eigenvalue weighted by atomic mass is 10.1. The second-order valence-corrected chi connectivity index (χ2v) is 8.30. The molecule has 2 bridgehead atoms. The Morgan fingerprint density at radius 1 is 0.848 bits per heavy atom. The predicted octanol–water partition coefficient (Wildman–Crippen LogP) is 3.25. The van der Waals surface area contributed by atoms with Crippen molar-refractivity contribution >= 4 is 18.0 Å². The Balaban J connectivity index is 0.000000281. The maximum absolute atomic E-state index is 12.7. The van der Waals surface area contributed by atoms with Gasteiger partial charge in [-0.2, -0.15) is 0 Å². The molecule has 3 saturated heterocycles. The van der Waals surface area contributed by atoms with Crippen molar-refractivity contribution in [2.45, 2.75) is 25.3 Å². The Morgan fingerprint density at radius 2 is 1.52 bits per heavy atom. The summed E-state index contributed by atoms with van der Waals surface area (Å²) in [5.74, 6) is -1.85. The van der Waals surface area contributed by atoms with E-state index in [0.29, 0.717) is 23.9 Å². The van der Waals surface area contributed by atoms with Crippen molar-refractivity contribution in [1.29, 1.82) is 0 Å². The van der Waals surface area contributed by atoms with Crippen molar-refractivity contribution in [3.05, 3.63) is 65.7 Å². The third-order valence-electron chi connectivity index (χ3n) is 6.23. The van der Waals surface area contributed by atoms with Crippen molar-refractivity contribution in [2.24, 2.45) is 0 Å². The Morgan fingerprint density at radius 3 is 2.21 bits per heavy atom. The molecule has 3 aliphatic heterocycles. The molecular formula is C25H26N2O6. The lowest BCUT2D eigenvalue weighted by Crippen LogP contribution is -2.43. The number of carboxylic acid groups (broad SMARTS) is 2. The molecule has 3 heterocycles. The molecule has 2 N–H and O–H groups in total. The van der Waals surface area contributed by atoms with Gasteiger partial charge in [0.15, 0.2) is 0 Å². The smallest absolute Gasteiger partial charge is 0.415 e. The van der Waals surface area contributed by atoms with Crippen LogP contribution in [0.25, 0.3) is 11.1 Å². The van der Waals surface area contributed by atoms with Crippen molar-refractivity contribution in [3.8, 4) is 16.9 Å². The number of aliphatic carboxylic acids is 2.